The highest BCUT2D eigenvalue weighted by molar-refractivity contribution is 6.42. The summed E-state index contributed by atoms with van der Waals surface area (Å²) >= 11 is 11.7. The molecular weight excluding hydrogens is 299 g/mol. The summed E-state index contributed by atoms with van der Waals surface area (Å²) in [7, 11) is 0. The first-order valence-corrected chi connectivity index (χ1v) is 7.30. The van der Waals surface area contributed by atoms with E-state index in [-0.39, 0.29) is 18.5 Å². The zero-order valence-electron chi connectivity index (χ0n) is 10.9. The molecule has 1 saturated heterocycles. The third-order valence-electron chi connectivity index (χ3n) is 3.37. The van der Waals surface area contributed by atoms with Gasteiger partial charge in [0.05, 0.1) is 22.6 Å². The van der Waals surface area contributed by atoms with Crippen LogP contribution >= 0.6 is 23.2 Å². The first-order chi connectivity index (χ1) is 9.60. The minimum atomic E-state index is -0.155. The number of nitrogens with one attached hydrogen (secondary N) is 1. The number of amides is 1. The molecule has 0 aliphatic carbocycles. The Morgan fingerprint density at radius 3 is 2.85 bits per heavy atom. The molecule has 1 heterocycles. The lowest BCUT2D eigenvalue weighted by atomic mass is 10.0. The van der Waals surface area contributed by atoms with Crippen LogP contribution in [0.1, 0.15) is 19.3 Å². The number of piperidine rings is 1. The molecule has 1 amide bonds. The molecule has 0 spiro atoms. The van der Waals surface area contributed by atoms with Gasteiger partial charge in [0.1, 0.15) is 6.29 Å². The molecule has 0 saturated carbocycles. The van der Waals surface area contributed by atoms with Gasteiger partial charge in [-0.15, -0.1) is 0 Å². The fourth-order valence-corrected chi connectivity index (χ4v) is 2.62. The van der Waals surface area contributed by atoms with E-state index in [1.807, 2.05) is 4.90 Å². The predicted molar refractivity (Wildman–Crippen MR) is 80.4 cm³/mol. The lowest BCUT2D eigenvalue weighted by Gasteiger charge is -2.31. The number of rotatable bonds is 4. The number of carbonyl (C=O) groups is 2. The average Bonchev–Trinajstić information content (AvgIpc) is 2.43. The SMILES string of the molecule is O=CC1CCCCN1CC(=O)Nc1ccc(Cl)c(Cl)c1. The third kappa shape index (κ3) is 3.95. The molecule has 2 rings (SSSR count). The second-order valence-electron chi connectivity index (χ2n) is 4.85. The van der Waals surface area contributed by atoms with E-state index in [4.69, 9.17) is 23.2 Å². The number of likely N-dealkylation sites (tertiary alicyclic amines) is 1. The Morgan fingerprint density at radius 1 is 1.35 bits per heavy atom. The molecule has 1 unspecified atom stereocenters. The van der Waals surface area contributed by atoms with Gasteiger partial charge in [-0.1, -0.05) is 29.6 Å². The van der Waals surface area contributed by atoms with Crippen LogP contribution < -0.4 is 5.32 Å². The standard InChI is InChI=1S/C14H16Cl2N2O2/c15-12-5-4-10(7-13(12)16)17-14(20)8-18-6-2-1-3-11(18)9-19/h4-5,7,9,11H,1-3,6,8H2,(H,17,20). The largest absolute Gasteiger partial charge is 0.325 e. The van der Waals surface area contributed by atoms with E-state index in [0.29, 0.717) is 15.7 Å². The molecule has 6 heteroatoms. The van der Waals surface area contributed by atoms with Gasteiger partial charge in [-0.05, 0) is 37.6 Å². The number of hydrogen-bond donors (Lipinski definition) is 1. The maximum Gasteiger partial charge on any atom is 0.238 e. The van der Waals surface area contributed by atoms with Crippen molar-refractivity contribution in [3.8, 4) is 0 Å². The number of halogens is 2. The molecule has 0 bridgehead atoms. The summed E-state index contributed by atoms with van der Waals surface area (Å²) < 4.78 is 0. The van der Waals surface area contributed by atoms with Gasteiger partial charge in [0, 0.05) is 5.69 Å². The lowest BCUT2D eigenvalue weighted by molar-refractivity contribution is -0.120. The summed E-state index contributed by atoms with van der Waals surface area (Å²) in [6, 6.07) is 4.78. The predicted octanol–water partition coefficient (Wildman–Crippen LogP) is 2.99. The van der Waals surface area contributed by atoms with Crippen LogP contribution in [0.25, 0.3) is 0 Å². The molecule has 1 atom stereocenters. The Morgan fingerprint density at radius 2 is 2.15 bits per heavy atom. The average molecular weight is 315 g/mol. The smallest absolute Gasteiger partial charge is 0.238 e. The molecule has 4 nitrogen and oxygen atoms in total. The van der Waals surface area contributed by atoms with Crippen molar-refractivity contribution < 1.29 is 9.59 Å². The maximum atomic E-state index is 12.0. The van der Waals surface area contributed by atoms with E-state index in [1.165, 1.54) is 0 Å². The molecule has 1 aromatic carbocycles. The summed E-state index contributed by atoms with van der Waals surface area (Å²) in [4.78, 5) is 24.9. The minimum Gasteiger partial charge on any atom is -0.325 e. The van der Waals surface area contributed by atoms with Gasteiger partial charge in [0.25, 0.3) is 0 Å². The van der Waals surface area contributed by atoms with E-state index in [9.17, 15) is 9.59 Å². The summed E-state index contributed by atoms with van der Waals surface area (Å²) in [5.74, 6) is -0.155. The monoisotopic (exact) mass is 314 g/mol. The van der Waals surface area contributed by atoms with Gasteiger partial charge in [0.15, 0.2) is 0 Å². The Kier molecular flexibility index (Phi) is 5.40. The van der Waals surface area contributed by atoms with Crippen LogP contribution in [-0.2, 0) is 9.59 Å². The molecule has 0 aromatic heterocycles. The zero-order valence-corrected chi connectivity index (χ0v) is 12.5. The van der Waals surface area contributed by atoms with Gasteiger partial charge in [0.2, 0.25) is 5.91 Å². The molecule has 1 N–H and O–H groups in total. The summed E-state index contributed by atoms with van der Waals surface area (Å²) in [5, 5.41) is 3.60. The summed E-state index contributed by atoms with van der Waals surface area (Å²) in [6.07, 6.45) is 3.80. The van der Waals surface area contributed by atoms with Crippen LogP contribution in [0.5, 0.6) is 0 Å². The van der Waals surface area contributed by atoms with Gasteiger partial charge in [-0.2, -0.15) is 0 Å². The minimum absolute atomic E-state index is 0.150. The fourth-order valence-electron chi connectivity index (χ4n) is 2.33. The Labute approximate surface area is 128 Å². The second-order valence-corrected chi connectivity index (χ2v) is 5.66. The number of benzene rings is 1. The Hall–Kier alpha value is -1.10. The molecule has 1 fully saturated rings. The Balaban J connectivity index is 1.94. The lowest BCUT2D eigenvalue weighted by Crippen LogP contribution is -2.44. The number of anilines is 1. The van der Waals surface area contributed by atoms with Crippen molar-refractivity contribution in [3.63, 3.8) is 0 Å². The summed E-state index contributed by atoms with van der Waals surface area (Å²) in [5.41, 5.74) is 0.601. The van der Waals surface area contributed by atoms with Crippen LogP contribution in [0.4, 0.5) is 5.69 Å². The van der Waals surface area contributed by atoms with E-state index in [2.05, 4.69) is 5.32 Å². The van der Waals surface area contributed by atoms with Crippen molar-refractivity contribution in [1.82, 2.24) is 4.90 Å². The number of carbonyl (C=O) groups excluding carboxylic acids is 2. The fraction of sp³-hybridized carbons (Fsp3) is 0.429. The highest BCUT2D eigenvalue weighted by Crippen LogP contribution is 2.25. The number of aldehydes is 1. The van der Waals surface area contributed by atoms with Crippen molar-refractivity contribution in [2.75, 3.05) is 18.4 Å². The van der Waals surface area contributed by atoms with Crippen molar-refractivity contribution in [2.24, 2.45) is 0 Å². The van der Waals surface area contributed by atoms with Crippen LogP contribution in [0.15, 0.2) is 18.2 Å². The third-order valence-corrected chi connectivity index (χ3v) is 4.11. The van der Waals surface area contributed by atoms with Crippen LogP contribution in [0, 0.1) is 0 Å². The highest BCUT2D eigenvalue weighted by Gasteiger charge is 2.23. The molecular formula is C14H16Cl2N2O2. The molecule has 0 radical (unpaired) electrons. The molecule has 20 heavy (non-hydrogen) atoms. The van der Waals surface area contributed by atoms with E-state index in [0.717, 1.165) is 32.1 Å². The maximum absolute atomic E-state index is 12.0. The van der Waals surface area contributed by atoms with Crippen LogP contribution in [0.3, 0.4) is 0 Å². The molecule has 1 aromatic rings. The van der Waals surface area contributed by atoms with E-state index < -0.39 is 0 Å². The Bertz CT molecular complexity index is 508. The first kappa shape index (κ1) is 15.3. The topological polar surface area (TPSA) is 49.4 Å². The van der Waals surface area contributed by atoms with E-state index in [1.54, 1.807) is 18.2 Å². The van der Waals surface area contributed by atoms with Gasteiger partial charge in [-0.25, -0.2) is 0 Å². The highest BCUT2D eigenvalue weighted by atomic mass is 35.5. The summed E-state index contributed by atoms with van der Waals surface area (Å²) in [6.45, 7) is 0.988. The normalized spacial score (nSPS) is 19.6. The van der Waals surface area contributed by atoms with Crippen LogP contribution in [0.2, 0.25) is 10.0 Å². The quantitative estimate of drug-likeness (QED) is 0.869. The van der Waals surface area contributed by atoms with Crippen molar-refractivity contribution in [2.45, 2.75) is 25.3 Å². The zero-order chi connectivity index (χ0) is 14.5. The van der Waals surface area contributed by atoms with Gasteiger partial charge < -0.3 is 10.1 Å². The number of nitrogens with zero attached hydrogens (tertiary/aromatic N) is 1. The molecule has 108 valence electrons. The van der Waals surface area contributed by atoms with E-state index >= 15 is 0 Å². The number of hydrogen-bond acceptors (Lipinski definition) is 3. The van der Waals surface area contributed by atoms with Gasteiger partial charge in [-0.3, -0.25) is 9.69 Å². The first-order valence-electron chi connectivity index (χ1n) is 6.54. The van der Waals surface area contributed by atoms with Crippen molar-refractivity contribution in [3.05, 3.63) is 28.2 Å². The molecule has 1 aliphatic heterocycles. The van der Waals surface area contributed by atoms with Crippen LogP contribution in [-0.4, -0.2) is 36.2 Å². The molecule has 1 aliphatic rings. The second kappa shape index (κ2) is 7.07. The van der Waals surface area contributed by atoms with Gasteiger partial charge >= 0.3 is 0 Å². The van der Waals surface area contributed by atoms with Crippen molar-refractivity contribution >= 4 is 41.1 Å². The van der Waals surface area contributed by atoms with Crippen molar-refractivity contribution in [1.29, 1.82) is 0 Å².